The highest BCUT2D eigenvalue weighted by atomic mass is 16.3. The number of amides is 2. The van der Waals surface area contributed by atoms with E-state index >= 15 is 0 Å². The fraction of sp³-hybridized carbons (Fsp3) is 0.579. The van der Waals surface area contributed by atoms with Crippen molar-refractivity contribution in [2.75, 3.05) is 24.5 Å². The molecule has 2 heterocycles. The van der Waals surface area contributed by atoms with Crippen LogP contribution >= 0.6 is 0 Å². The summed E-state index contributed by atoms with van der Waals surface area (Å²) in [4.78, 5) is 27.9. The molecule has 2 aliphatic rings. The van der Waals surface area contributed by atoms with E-state index in [0.29, 0.717) is 18.8 Å². The molecule has 1 aromatic carbocycles. The summed E-state index contributed by atoms with van der Waals surface area (Å²) in [5.41, 5.74) is 1.90. The van der Waals surface area contributed by atoms with E-state index < -0.39 is 0 Å². The monoisotopic (exact) mass is 330 g/mol. The number of hydrogen-bond acceptors (Lipinski definition) is 3. The van der Waals surface area contributed by atoms with Crippen LogP contribution in [0.25, 0.3) is 0 Å². The molecule has 0 aliphatic carbocycles. The second-order valence-electron chi connectivity index (χ2n) is 6.95. The molecule has 0 saturated carbocycles. The molecule has 1 atom stereocenters. The van der Waals surface area contributed by atoms with Crippen molar-refractivity contribution in [2.45, 2.75) is 45.1 Å². The maximum atomic E-state index is 12.4. The third-order valence-corrected chi connectivity index (χ3v) is 5.25. The van der Waals surface area contributed by atoms with Crippen LogP contribution in [-0.4, -0.2) is 47.6 Å². The quantitative estimate of drug-likeness (QED) is 0.918. The lowest BCUT2D eigenvalue weighted by molar-refractivity contribution is -0.132. The molecule has 1 unspecified atom stereocenters. The molecule has 0 spiro atoms. The lowest BCUT2D eigenvalue weighted by Gasteiger charge is -2.33. The van der Waals surface area contributed by atoms with E-state index in [1.165, 1.54) is 0 Å². The summed E-state index contributed by atoms with van der Waals surface area (Å²) < 4.78 is 0. The number of carbonyl (C=O) groups excluding carboxylic acids is 2. The summed E-state index contributed by atoms with van der Waals surface area (Å²) >= 11 is 0. The van der Waals surface area contributed by atoms with Gasteiger partial charge in [0.25, 0.3) is 0 Å². The van der Waals surface area contributed by atoms with E-state index in [0.717, 1.165) is 50.1 Å². The number of likely N-dealkylation sites (tertiary alicyclic amines) is 1. The van der Waals surface area contributed by atoms with Crippen molar-refractivity contribution in [3.8, 4) is 0 Å². The van der Waals surface area contributed by atoms with Gasteiger partial charge in [-0.15, -0.1) is 0 Å². The number of nitrogens with zero attached hydrogens (tertiary/aromatic N) is 2. The van der Waals surface area contributed by atoms with Gasteiger partial charge in [-0.05, 0) is 49.8 Å². The highest BCUT2D eigenvalue weighted by Crippen LogP contribution is 2.23. The SMILES string of the molecule is CC(O)C1CCN(C(=O)Cc2ccc(N3CCCC3=O)cc2)CC1. The first-order valence-corrected chi connectivity index (χ1v) is 8.90. The largest absolute Gasteiger partial charge is 0.393 e. The van der Waals surface area contributed by atoms with E-state index in [9.17, 15) is 14.7 Å². The summed E-state index contributed by atoms with van der Waals surface area (Å²) in [6.07, 6.45) is 3.40. The van der Waals surface area contributed by atoms with Crippen LogP contribution in [0.4, 0.5) is 5.69 Å². The van der Waals surface area contributed by atoms with E-state index in [1.54, 1.807) is 0 Å². The van der Waals surface area contributed by atoms with Crippen LogP contribution in [0, 0.1) is 5.92 Å². The van der Waals surface area contributed by atoms with Crippen molar-refractivity contribution in [1.29, 1.82) is 0 Å². The zero-order valence-corrected chi connectivity index (χ0v) is 14.3. The van der Waals surface area contributed by atoms with Crippen LogP contribution in [-0.2, 0) is 16.0 Å². The summed E-state index contributed by atoms with van der Waals surface area (Å²) in [5.74, 6) is 0.634. The molecule has 130 valence electrons. The molecule has 2 aliphatic heterocycles. The first-order chi connectivity index (χ1) is 11.5. The maximum Gasteiger partial charge on any atom is 0.227 e. The molecular weight excluding hydrogens is 304 g/mol. The standard InChI is InChI=1S/C19H26N2O3/c1-14(22)16-8-11-20(12-9-16)19(24)13-15-4-6-17(7-5-15)21-10-2-3-18(21)23/h4-7,14,16,22H,2-3,8-13H2,1H3. The van der Waals surface area contributed by atoms with E-state index in [2.05, 4.69) is 0 Å². The fourth-order valence-corrected chi connectivity index (χ4v) is 3.63. The Morgan fingerprint density at radius 3 is 2.42 bits per heavy atom. The number of carbonyl (C=O) groups is 2. The zero-order chi connectivity index (χ0) is 17.1. The third-order valence-electron chi connectivity index (χ3n) is 5.25. The fourth-order valence-electron chi connectivity index (χ4n) is 3.63. The molecule has 2 fully saturated rings. The molecule has 5 nitrogen and oxygen atoms in total. The highest BCUT2D eigenvalue weighted by Gasteiger charge is 2.25. The van der Waals surface area contributed by atoms with Gasteiger partial charge in [0.2, 0.25) is 11.8 Å². The van der Waals surface area contributed by atoms with Crippen LogP contribution in [0.1, 0.15) is 38.2 Å². The van der Waals surface area contributed by atoms with Gasteiger partial charge in [-0.25, -0.2) is 0 Å². The van der Waals surface area contributed by atoms with Crippen LogP contribution in [0.2, 0.25) is 0 Å². The number of hydrogen-bond donors (Lipinski definition) is 1. The third kappa shape index (κ3) is 3.78. The second kappa shape index (κ2) is 7.34. The van der Waals surface area contributed by atoms with Gasteiger partial charge in [0.15, 0.2) is 0 Å². The predicted molar refractivity (Wildman–Crippen MR) is 92.7 cm³/mol. The van der Waals surface area contributed by atoms with E-state index in [4.69, 9.17) is 0 Å². The normalized spacial score (nSPS) is 20.5. The Morgan fingerprint density at radius 2 is 1.88 bits per heavy atom. The van der Waals surface area contributed by atoms with Gasteiger partial charge in [0, 0.05) is 31.7 Å². The molecule has 3 rings (SSSR count). The first kappa shape index (κ1) is 17.0. The molecule has 5 heteroatoms. The Balaban J connectivity index is 1.54. The summed E-state index contributed by atoms with van der Waals surface area (Å²) in [5, 5.41) is 9.64. The zero-order valence-electron chi connectivity index (χ0n) is 14.3. The van der Waals surface area contributed by atoms with Crippen LogP contribution < -0.4 is 4.90 Å². The predicted octanol–water partition coefficient (Wildman–Crippen LogP) is 1.98. The van der Waals surface area contributed by atoms with Crippen molar-refractivity contribution in [1.82, 2.24) is 4.90 Å². The van der Waals surface area contributed by atoms with Crippen LogP contribution in [0.3, 0.4) is 0 Å². The number of aliphatic hydroxyl groups excluding tert-OH is 1. The topological polar surface area (TPSA) is 60.9 Å². The Labute approximate surface area is 143 Å². The lowest BCUT2D eigenvalue weighted by Crippen LogP contribution is -2.41. The summed E-state index contributed by atoms with van der Waals surface area (Å²) in [7, 11) is 0. The molecule has 0 bridgehead atoms. The Bertz CT molecular complexity index is 589. The summed E-state index contributed by atoms with van der Waals surface area (Å²) in [6, 6.07) is 7.76. The maximum absolute atomic E-state index is 12.4. The molecule has 2 amide bonds. The van der Waals surface area contributed by atoms with Crippen molar-refractivity contribution in [3.05, 3.63) is 29.8 Å². The van der Waals surface area contributed by atoms with Crippen molar-refractivity contribution in [3.63, 3.8) is 0 Å². The Morgan fingerprint density at radius 1 is 1.21 bits per heavy atom. The number of anilines is 1. The van der Waals surface area contributed by atoms with E-state index in [-0.39, 0.29) is 17.9 Å². The van der Waals surface area contributed by atoms with Gasteiger partial charge in [0.05, 0.1) is 12.5 Å². The molecule has 0 radical (unpaired) electrons. The second-order valence-corrected chi connectivity index (χ2v) is 6.95. The number of aliphatic hydroxyl groups is 1. The highest BCUT2D eigenvalue weighted by molar-refractivity contribution is 5.95. The average Bonchev–Trinajstić information content (AvgIpc) is 3.01. The molecular formula is C19H26N2O3. The van der Waals surface area contributed by atoms with Crippen molar-refractivity contribution >= 4 is 17.5 Å². The van der Waals surface area contributed by atoms with E-state index in [1.807, 2.05) is 41.0 Å². The molecule has 2 saturated heterocycles. The van der Waals surface area contributed by atoms with Gasteiger partial charge < -0.3 is 14.9 Å². The van der Waals surface area contributed by atoms with Crippen LogP contribution in [0.5, 0.6) is 0 Å². The van der Waals surface area contributed by atoms with Gasteiger partial charge in [-0.1, -0.05) is 12.1 Å². The lowest BCUT2D eigenvalue weighted by atomic mass is 9.92. The molecule has 1 N–H and O–H groups in total. The smallest absolute Gasteiger partial charge is 0.227 e. The van der Waals surface area contributed by atoms with Gasteiger partial charge in [-0.3, -0.25) is 9.59 Å². The minimum atomic E-state index is -0.289. The number of rotatable bonds is 4. The van der Waals surface area contributed by atoms with Crippen molar-refractivity contribution in [2.24, 2.45) is 5.92 Å². The average molecular weight is 330 g/mol. The molecule has 1 aromatic rings. The number of benzene rings is 1. The molecule has 0 aromatic heterocycles. The minimum absolute atomic E-state index is 0.143. The number of piperidine rings is 1. The Hall–Kier alpha value is -1.88. The molecule has 24 heavy (non-hydrogen) atoms. The van der Waals surface area contributed by atoms with Crippen LogP contribution in [0.15, 0.2) is 24.3 Å². The van der Waals surface area contributed by atoms with Crippen molar-refractivity contribution < 1.29 is 14.7 Å². The first-order valence-electron chi connectivity index (χ1n) is 8.90. The minimum Gasteiger partial charge on any atom is -0.393 e. The Kier molecular flexibility index (Phi) is 5.19. The van der Waals surface area contributed by atoms with Gasteiger partial charge >= 0.3 is 0 Å². The van der Waals surface area contributed by atoms with Gasteiger partial charge in [-0.2, -0.15) is 0 Å². The summed E-state index contributed by atoms with van der Waals surface area (Å²) in [6.45, 7) is 4.08. The van der Waals surface area contributed by atoms with Gasteiger partial charge in [0.1, 0.15) is 0 Å².